The Bertz CT molecular complexity index is 1200. The first-order valence-electron chi connectivity index (χ1n) is 11.2. The van der Waals surface area contributed by atoms with Crippen LogP contribution in [0.5, 0.6) is 5.75 Å². The molecule has 1 unspecified atom stereocenters. The standard InChI is InChI=1S/C26H27FN4O2/c1-18-16-29(17-28-18)24-10-5-19(15-25(24)33-2)14-21-11-13-30-12-3-4-23(31(30)26(21)32)20-6-8-22(27)9-7-20/h5-11,15-17,23H,3-4,12-14H2,1-2H3. The second-order valence-electron chi connectivity index (χ2n) is 8.61. The van der Waals surface area contributed by atoms with Gasteiger partial charge < -0.3 is 9.30 Å². The van der Waals surface area contributed by atoms with Crippen molar-refractivity contribution in [1.82, 2.24) is 19.6 Å². The van der Waals surface area contributed by atoms with Crippen molar-refractivity contribution in [2.75, 3.05) is 20.2 Å². The molecule has 1 saturated heterocycles. The zero-order valence-corrected chi connectivity index (χ0v) is 18.9. The number of fused-ring (bicyclic) bond motifs is 1. The average Bonchev–Trinajstić information content (AvgIpc) is 3.27. The van der Waals surface area contributed by atoms with Crippen LogP contribution >= 0.6 is 0 Å². The minimum absolute atomic E-state index is 0.0172. The van der Waals surface area contributed by atoms with Gasteiger partial charge in [0.2, 0.25) is 0 Å². The Morgan fingerprint density at radius 1 is 1.18 bits per heavy atom. The highest BCUT2D eigenvalue weighted by atomic mass is 19.1. The van der Waals surface area contributed by atoms with Crippen molar-refractivity contribution in [3.8, 4) is 11.4 Å². The molecule has 0 spiro atoms. The van der Waals surface area contributed by atoms with Crippen LogP contribution in [0.1, 0.15) is 35.7 Å². The van der Waals surface area contributed by atoms with Crippen LogP contribution in [0.3, 0.4) is 0 Å². The molecule has 33 heavy (non-hydrogen) atoms. The second-order valence-corrected chi connectivity index (χ2v) is 8.61. The molecule has 5 rings (SSSR count). The van der Waals surface area contributed by atoms with E-state index in [-0.39, 0.29) is 17.8 Å². The van der Waals surface area contributed by atoms with Gasteiger partial charge in [-0.05, 0) is 55.2 Å². The number of hydrogen-bond acceptors (Lipinski definition) is 4. The van der Waals surface area contributed by atoms with Crippen LogP contribution in [0.4, 0.5) is 4.39 Å². The van der Waals surface area contributed by atoms with E-state index in [9.17, 15) is 9.18 Å². The summed E-state index contributed by atoms with van der Waals surface area (Å²) in [7, 11) is 1.65. The number of aryl methyl sites for hydroxylation is 1. The van der Waals surface area contributed by atoms with E-state index in [1.54, 1.807) is 25.6 Å². The number of methoxy groups -OCH3 is 1. The van der Waals surface area contributed by atoms with Crippen LogP contribution < -0.4 is 4.74 Å². The summed E-state index contributed by atoms with van der Waals surface area (Å²) in [5.41, 5.74) is 4.59. The van der Waals surface area contributed by atoms with Gasteiger partial charge >= 0.3 is 0 Å². The summed E-state index contributed by atoms with van der Waals surface area (Å²) < 4.78 is 21.0. The average molecular weight is 447 g/mol. The van der Waals surface area contributed by atoms with Crippen molar-refractivity contribution in [3.05, 3.63) is 89.3 Å². The number of imidazole rings is 1. The number of amides is 1. The normalized spacial score (nSPS) is 18.8. The van der Waals surface area contributed by atoms with Gasteiger partial charge in [-0.2, -0.15) is 0 Å². The summed E-state index contributed by atoms with van der Waals surface area (Å²) in [5.74, 6) is 0.487. The molecular formula is C26H27FN4O2. The van der Waals surface area contributed by atoms with Crippen molar-refractivity contribution in [2.24, 2.45) is 0 Å². The van der Waals surface area contributed by atoms with E-state index in [1.807, 2.05) is 47.0 Å². The minimum atomic E-state index is -0.264. The molecule has 1 fully saturated rings. The molecule has 170 valence electrons. The zero-order chi connectivity index (χ0) is 22.9. The maximum absolute atomic E-state index is 13.6. The summed E-state index contributed by atoms with van der Waals surface area (Å²) in [5, 5.41) is 3.99. The van der Waals surface area contributed by atoms with Crippen molar-refractivity contribution in [3.63, 3.8) is 0 Å². The van der Waals surface area contributed by atoms with Crippen LogP contribution in [0.15, 0.2) is 66.6 Å². The lowest BCUT2D eigenvalue weighted by molar-refractivity contribution is -0.158. The predicted octanol–water partition coefficient (Wildman–Crippen LogP) is 4.39. The number of rotatable bonds is 5. The molecule has 0 saturated carbocycles. The highest BCUT2D eigenvalue weighted by Gasteiger charge is 2.37. The number of carbonyl (C=O) groups excluding carboxylic acids is 1. The van der Waals surface area contributed by atoms with Gasteiger partial charge in [-0.3, -0.25) is 9.80 Å². The summed E-state index contributed by atoms with van der Waals surface area (Å²) in [6.07, 6.45) is 8.14. The highest BCUT2D eigenvalue weighted by molar-refractivity contribution is 5.94. The van der Waals surface area contributed by atoms with Crippen molar-refractivity contribution in [2.45, 2.75) is 32.2 Å². The molecule has 2 aliphatic heterocycles. The van der Waals surface area contributed by atoms with E-state index < -0.39 is 0 Å². The summed E-state index contributed by atoms with van der Waals surface area (Å²) in [6, 6.07) is 12.4. The fourth-order valence-corrected chi connectivity index (χ4v) is 4.75. The molecule has 0 radical (unpaired) electrons. The van der Waals surface area contributed by atoms with Crippen molar-refractivity contribution >= 4 is 5.91 Å². The number of halogens is 1. The van der Waals surface area contributed by atoms with E-state index in [4.69, 9.17) is 4.74 Å². The van der Waals surface area contributed by atoms with Crippen LogP contribution in [0.25, 0.3) is 5.69 Å². The van der Waals surface area contributed by atoms with Gasteiger partial charge in [-0.1, -0.05) is 24.3 Å². The number of hydrogen-bond donors (Lipinski definition) is 0. The van der Waals surface area contributed by atoms with Gasteiger partial charge in [-0.25, -0.2) is 14.4 Å². The molecule has 0 aliphatic carbocycles. The van der Waals surface area contributed by atoms with E-state index in [1.165, 1.54) is 12.1 Å². The fourth-order valence-electron chi connectivity index (χ4n) is 4.75. The number of benzene rings is 2. The SMILES string of the molecule is COc1cc(CC2=CCN3CCCC(c4ccc(F)cc4)N3C2=O)ccc1-n1cnc(C)c1. The van der Waals surface area contributed by atoms with Crippen LogP contribution in [-0.2, 0) is 11.2 Å². The second kappa shape index (κ2) is 8.83. The third-order valence-electron chi connectivity index (χ3n) is 6.41. The largest absolute Gasteiger partial charge is 0.495 e. The highest BCUT2D eigenvalue weighted by Crippen LogP contribution is 2.35. The summed E-state index contributed by atoms with van der Waals surface area (Å²) in [6.45, 7) is 3.49. The first-order chi connectivity index (χ1) is 16.0. The van der Waals surface area contributed by atoms with Gasteiger partial charge in [0.05, 0.1) is 30.9 Å². The lowest BCUT2D eigenvalue weighted by Gasteiger charge is -2.46. The molecule has 6 nitrogen and oxygen atoms in total. The monoisotopic (exact) mass is 446 g/mol. The number of nitrogens with zero attached hydrogens (tertiary/aromatic N) is 4. The molecule has 2 aliphatic rings. The quantitative estimate of drug-likeness (QED) is 0.583. The van der Waals surface area contributed by atoms with E-state index >= 15 is 0 Å². The van der Waals surface area contributed by atoms with E-state index in [0.717, 1.165) is 53.2 Å². The molecule has 2 aromatic carbocycles. The van der Waals surface area contributed by atoms with Crippen molar-refractivity contribution < 1.29 is 13.9 Å². The molecule has 3 aromatic rings. The maximum atomic E-state index is 13.6. The van der Waals surface area contributed by atoms with Gasteiger partial charge in [0.15, 0.2) is 0 Å². The first kappa shape index (κ1) is 21.4. The third-order valence-corrected chi connectivity index (χ3v) is 6.41. The Morgan fingerprint density at radius 2 is 2.00 bits per heavy atom. The number of carbonyl (C=O) groups is 1. The molecule has 7 heteroatoms. The van der Waals surface area contributed by atoms with Crippen LogP contribution in [0.2, 0.25) is 0 Å². The molecule has 1 aromatic heterocycles. The number of ether oxygens (including phenoxy) is 1. The van der Waals surface area contributed by atoms with Crippen molar-refractivity contribution in [1.29, 1.82) is 0 Å². The Morgan fingerprint density at radius 3 is 2.73 bits per heavy atom. The fraction of sp³-hybridized carbons (Fsp3) is 0.308. The maximum Gasteiger partial charge on any atom is 0.264 e. The number of aromatic nitrogens is 2. The van der Waals surface area contributed by atoms with Crippen LogP contribution in [0, 0.1) is 12.7 Å². The van der Waals surface area contributed by atoms with Gasteiger partial charge in [-0.15, -0.1) is 0 Å². The lowest BCUT2D eigenvalue weighted by Crippen LogP contribution is -2.54. The van der Waals surface area contributed by atoms with Gasteiger partial charge in [0.1, 0.15) is 11.6 Å². The number of hydrazine groups is 1. The molecule has 0 N–H and O–H groups in total. The van der Waals surface area contributed by atoms with E-state index in [2.05, 4.69) is 9.99 Å². The topological polar surface area (TPSA) is 50.6 Å². The Hall–Kier alpha value is -3.45. The molecular weight excluding hydrogens is 419 g/mol. The Kier molecular flexibility index (Phi) is 5.72. The first-order valence-corrected chi connectivity index (χ1v) is 11.2. The smallest absolute Gasteiger partial charge is 0.264 e. The third kappa shape index (κ3) is 4.16. The van der Waals surface area contributed by atoms with Crippen LogP contribution in [-0.4, -0.2) is 45.7 Å². The molecule has 1 atom stereocenters. The van der Waals surface area contributed by atoms with E-state index in [0.29, 0.717) is 13.0 Å². The minimum Gasteiger partial charge on any atom is -0.495 e. The zero-order valence-electron chi connectivity index (χ0n) is 18.9. The predicted molar refractivity (Wildman–Crippen MR) is 123 cm³/mol. The molecule has 0 bridgehead atoms. The Labute approximate surface area is 192 Å². The Balaban J connectivity index is 1.39. The van der Waals surface area contributed by atoms with Gasteiger partial charge in [0, 0.05) is 31.3 Å². The lowest BCUT2D eigenvalue weighted by atomic mass is 9.95. The molecule has 1 amide bonds. The summed E-state index contributed by atoms with van der Waals surface area (Å²) in [4.78, 5) is 17.9. The van der Waals surface area contributed by atoms with Gasteiger partial charge in [0.25, 0.3) is 5.91 Å². The molecule has 3 heterocycles. The summed E-state index contributed by atoms with van der Waals surface area (Å²) >= 11 is 0.